The van der Waals surface area contributed by atoms with Crippen molar-refractivity contribution in [2.75, 3.05) is 7.11 Å². The Labute approximate surface area is 100 Å². The number of rotatable bonds is 3. The maximum Gasteiger partial charge on any atom is 0.309 e. The molecule has 5 heteroatoms. The van der Waals surface area contributed by atoms with E-state index in [2.05, 4.69) is 20.7 Å². The monoisotopic (exact) mass is 290 g/mol. The molecule has 0 amide bonds. The van der Waals surface area contributed by atoms with Crippen LogP contribution in [0.3, 0.4) is 0 Å². The molecule has 0 saturated heterocycles. The van der Waals surface area contributed by atoms with Crippen LogP contribution in [-0.4, -0.2) is 13.1 Å². The molecule has 0 spiro atoms. The topological polar surface area (TPSA) is 26.3 Å². The second kappa shape index (κ2) is 5.75. The summed E-state index contributed by atoms with van der Waals surface area (Å²) in [5.74, 6) is -1.77. The maximum atomic E-state index is 13.1. The van der Waals surface area contributed by atoms with Crippen LogP contribution in [0, 0.1) is 11.6 Å². The minimum atomic E-state index is -0.683. The zero-order valence-corrected chi connectivity index (χ0v) is 10.1. The lowest BCUT2D eigenvalue weighted by Gasteiger charge is -1.99. The summed E-state index contributed by atoms with van der Waals surface area (Å²) in [6, 6.07) is 2.34. The van der Waals surface area contributed by atoms with Crippen molar-refractivity contribution in [1.29, 1.82) is 0 Å². The molecule has 0 saturated carbocycles. The highest BCUT2D eigenvalue weighted by Crippen LogP contribution is 2.21. The third-order valence-corrected chi connectivity index (χ3v) is 2.59. The molecule has 16 heavy (non-hydrogen) atoms. The van der Waals surface area contributed by atoms with Gasteiger partial charge in [-0.25, -0.2) is 8.78 Å². The molecule has 1 rings (SSSR count). The molecule has 0 aliphatic heterocycles. The van der Waals surface area contributed by atoms with E-state index in [1.807, 2.05) is 0 Å². The Bertz CT molecular complexity index is 407. The van der Waals surface area contributed by atoms with Gasteiger partial charge in [0.15, 0.2) is 0 Å². The molecular weight excluding hydrogens is 282 g/mol. The van der Waals surface area contributed by atoms with Crippen LogP contribution in [0.15, 0.2) is 22.7 Å². The van der Waals surface area contributed by atoms with Crippen LogP contribution in [0.25, 0.3) is 6.08 Å². The van der Waals surface area contributed by atoms with Crippen LogP contribution in [0.5, 0.6) is 0 Å². The van der Waals surface area contributed by atoms with Gasteiger partial charge in [0.25, 0.3) is 0 Å². The first-order chi connectivity index (χ1) is 7.54. The lowest BCUT2D eigenvalue weighted by Crippen LogP contribution is -1.96. The van der Waals surface area contributed by atoms with Gasteiger partial charge in [0.05, 0.1) is 18.0 Å². The van der Waals surface area contributed by atoms with Gasteiger partial charge in [0.1, 0.15) is 11.6 Å². The van der Waals surface area contributed by atoms with Crippen LogP contribution in [0.4, 0.5) is 8.78 Å². The van der Waals surface area contributed by atoms with E-state index in [-0.39, 0.29) is 10.9 Å². The van der Waals surface area contributed by atoms with E-state index in [4.69, 9.17) is 0 Å². The van der Waals surface area contributed by atoms with Gasteiger partial charge in [-0.15, -0.1) is 0 Å². The number of carbonyl (C=O) groups excluding carboxylic acids is 1. The molecule has 0 atom stereocenters. The van der Waals surface area contributed by atoms with E-state index < -0.39 is 17.6 Å². The van der Waals surface area contributed by atoms with Crippen molar-refractivity contribution in [2.24, 2.45) is 0 Å². The normalized spacial score (nSPS) is 10.8. The summed E-state index contributed by atoms with van der Waals surface area (Å²) in [6.07, 6.45) is 3.00. The van der Waals surface area contributed by atoms with E-state index in [0.29, 0.717) is 5.56 Å². The van der Waals surface area contributed by atoms with E-state index in [1.54, 1.807) is 0 Å². The maximum absolute atomic E-state index is 13.1. The third-order valence-electron chi connectivity index (χ3n) is 1.83. The zero-order valence-electron chi connectivity index (χ0n) is 8.47. The fraction of sp³-hybridized carbons (Fsp3) is 0.182. The number of hydrogen-bond donors (Lipinski definition) is 0. The Hall–Kier alpha value is -1.23. The van der Waals surface area contributed by atoms with Gasteiger partial charge in [-0.2, -0.15) is 0 Å². The second-order valence-electron chi connectivity index (χ2n) is 2.98. The Morgan fingerprint density at radius 2 is 2.00 bits per heavy atom. The smallest absolute Gasteiger partial charge is 0.309 e. The number of hydrogen-bond acceptors (Lipinski definition) is 2. The molecule has 0 aromatic heterocycles. The van der Waals surface area contributed by atoms with Gasteiger partial charge >= 0.3 is 5.97 Å². The number of carbonyl (C=O) groups is 1. The van der Waals surface area contributed by atoms with E-state index in [0.717, 1.165) is 0 Å². The molecule has 0 radical (unpaired) electrons. The van der Waals surface area contributed by atoms with Gasteiger partial charge in [0, 0.05) is 0 Å². The molecule has 0 fully saturated rings. The highest BCUT2D eigenvalue weighted by molar-refractivity contribution is 9.10. The zero-order chi connectivity index (χ0) is 12.1. The molecular formula is C11H9BrF2O2. The highest BCUT2D eigenvalue weighted by atomic mass is 79.9. The molecule has 1 aromatic carbocycles. The van der Waals surface area contributed by atoms with Gasteiger partial charge in [-0.3, -0.25) is 4.79 Å². The number of benzene rings is 1. The van der Waals surface area contributed by atoms with Crippen molar-refractivity contribution in [3.8, 4) is 0 Å². The molecule has 0 aliphatic carbocycles. The van der Waals surface area contributed by atoms with E-state index in [1.165, 1.54) is 31.4 Å². The molecule has 0 aliphatic rings. The standard InChI is InChI=1S/C11H9BrF2O2/c1-16-10(15)4-2-3-7-5-8(13)11(12)9(14)6-7/h2-3,5-6H,4H2,1H3. The first-order valence-corrected chi connectivity index (χ1v) is 5.21. The first kappa shape index (κ1) is 12.8. The molecule has 2 nitrogen and oxygen atoms in total. The van der Waals surface area contributed by atoms with Crippen molar-refractivity contribution in [1.82, 2.24) is 0 Å². The molecule has 86 valence electrons. The van der Waals surface area contributed by atoms with Crippen LogP contribution in [-0.2, 0) is 9.53 Å². The Balaban J connectivity index is 2.78. The quantitative estimate of drug-likeness (QED) is 0.631. The summed E-state index contributed by atoms with van der Waals surface area (Å²) in [7, 11) is 1.27. The number of ether oxygens (including phenoxy) is 1. The number of halogens is 3. The minimum Gasteiger partial charge on any atom is -0.469 e. The van der Waals surface area contributed by atoms with Gasteiger partial charge in [-0.05, 0) is 33.6 Å². The SMILES string of the molecule is COC(=O)CC=Cc1cc(F)c(Br)c(F)c1. The molecule has 0 bridgehead atoms. The largest absolute Gasteiger partial charge is 0.469 e. The number of methoxy groups -OCH3 is 1. The van der Waals surface area contributed by atoms with Crippen molar-refractivity contribution in [3.63, 3.8) is 0 Å². The Morgan fingerprint density at radius 1 is 1.44 bits per heavy atom. The van der Waals surface area contributed by atoms with Gasteiger partial charge in [0.2, 0.25) is 0 Å². The summed E-state index contributed by atoms with van der Waals surface area (Å²) in [5, 5.41) is 0. The third kappa shape index (κ3) is 3.41. The Kier molecular flexibility index (Phi) is 4.61. The van der Waals surface area contributed by atoms with Crippen molar-refractivity contribution in [3.05, 3.63) is 39.9 Å². The average Bonchev–Trinajstić information content (AvgIpc) is 2.25. The van der Waals surface area contributed by atoms with Crippen molar-refractivity contribution >= 4 is 28.0 Å². The van der Waals surface area contributed by atoms with E-state index in [9.17, 15) is 13.6 Å². The average molecular weight is 291 g/mol. The lowest BCUT2D eigenvalue weighted by molar-refractivity contribution is -0.139. The summed E-state index contributed by atoms with van der Waals surface area (Å²) in [4.78, 5) is 10.8. The van der Waals surface area contributed by atoms with Crippen LogP contribution in [0.1, 0.15) is 12.0 Å². The predicted molar refractivity (Wildman–Crippen MR) is 59.7 cm³/mol. The summed E-state index contributed by atoms with van der Waals surface area (Å²) in [6.45, 7) is 0. The van der Waals surface area contributed by atoms with E-state index >= 15 is 0 Å². The molecule has 0 unspecified atom stereocenters. The molecule has 1 aromatic rings. The summed E-state index contributed by atoms with van der Waals surface area (Å²) < 4.78 is 30.4. The van der Waals surface area contributed by atoms with Crippen LogP contribution >= 0.6 is 15.9 Å². The second-order valence-corrected chi connectivity index (χ2v) is 3.77. The summed E-state index contributed by atoms with van der Waals surface area (Å²) >= 11 is 2.77. The first-order valence-electron chi connectivity index (χ1n) is 4.42. The molecule has 0 heterocycles. The van der Waals surface area contributed by atoms with Gasteiger partial charge in [-0.1, -0.05) is 12.2 Å². The predicted octanol–water partition coefficient (Wildman–Crippen LogP) is 3.30. The minimum absolute atomic E-state index is 0.0653. The van der Waals surface area contributed by atoms with Crippen LogP contribution in [0.2, 0.25) is 0 Å². The van der Waals surface area contributed by atoms with Crippen molar-refractivity contribution < 1.29 is 18.3 Å². The fourth-order valence-corrected chi connectivity index (χ4v) is 1.27. The highest BCUT2D eigenvalue weighted by Gasteiger charge is 2.06. The van der Waals surface area contributed by atoms with Crippen LogP contribution < -0.4 is 0 Å². The van der Waals surface area contributed by atoms with Gasteiger partial charge < -0.3 is 4.74 Å². The summed E-state index contributed by atoms with van der Waals surface area (Å²) in [5.41, 5.74) is 0.349. The fourth-order valence-electron chi connectivity index (χ4n) is 1.05. The Morgan fingerprint density at radius 3 is 2.50 bits per heavy atom. The van der Waals surface area contributed by atoms with Crippen molar-refractivity contribution in [2.45, 2.75) is 6.42 Å². The number of esters is 1. The lowest BCUT2D eigenvalue weighted by atomic mass is 10.2. The molecule has 0 N–H and O–H groups in total.